The third kappa shape index (κ3) is 8.03. The van der Waals surface area contributed by atoms with Gasteiger partial charge in [0, 0.05) is 30.7 Å². The minimum Gasteiger partial charge on any atom is -0.489 e. The molecule has 1 unspecified atom stereocenters. The van der Waals surface area contributed by atoms with E-state index in [1.54, 1.807) is 10.4 Å². The van der Waals surface area contributed by atoms with Crippen LogP contribution in [0, 0.1) is 0 Å². The van der Waals surface area contributed by atoms with Crippen molar-refractivity contribution in [3.8, 4) is 5.75 Å². The molecule has 0 aliphatic carbocycles. The fraction of sp³-hybridized carbons (Fsp3) is 0.650. The summed E-state index contributed by atoms with van der Waals surface area (Å²) >= 11 is 5.99. The van der Waals surface area contributed by atoms with Crippen LogP contribution in [0.5, 0.6) is 5.75 Å². The summed E-state index contributed by atoms with van der Waals surface area (Å²) in [5, 5.41) is 7.32. The quantitative estimate of drug-likeness (QED) is 0.452. The Balaban J connectivity index is 1.86. The smallest absolute Gasteiger partial charge is 0.214 e. The molecule has 1 fully saturated rings. The predicted molar refractivity (Wildman–Crippen MR) is 119 cm³/mol. The second-order valence-corrected chi connectivity index (χ2v) is 9.76. The molecule has 0 saturated carbocycles. The van der Waals surface area contributed by atoms with Crippen LogP contribution in [-0.4, -0.2) is 62.8 Å². The van der Waals surface area contributed by atoms with Gasteiger partial charge in [-0.2, -0.15) is 0 Å². The summed E-state index contributed by atoms with van der Waals surface area (Å²) in [4.78, 5) is 4.63. The number of halogens is 1. The SMILES string of the molecule is CCCS(=O)(=O)N1CCC(NC(=NCC(C)Oc2cccc(Cl)c2)NCC)CC1. The number of ether oxygens (including phenoxy) is 1. The summed E-state index contributed by atoms with van der Waals surface area (Å²) < 4.78 is 31.9. The van der Waals surface area contributed by atoms with Gasteiger partial charge in [-0.25, -0.2) is 17.7 Å². The maximum absolute atomic E-state index is 12.2. The second kappa shape index (κ2) is 11.6. The zero-order chi connectivity index (χ0) is 21.3. The first-order valence-corrected chi connectivity index (χ1v) is 12.3. The topological polar surface area (TPSA) is 83.0 Å². The van der Waals surface area contributed by atoms with E-state index in [1.807, 2.05) is 39.0 Å². The molecule has 1 aromatic carbocycles. The van der Waals surface area contributed by atoms with E-state index in [0.717, 1.165) is 31.1 Å². The van der Waals surface area contributed by atoms with E-state index in [9.17, 15) is 8.42 Å². The van der Waals surface area contributed by atoms with E-state index in [-0.39, 0.29) is 17.9 Å². The van der Waals surface area contributed by atoms with Crippen molar-refractivity contribution >= 4 is 27.6 Å². The van der Waals surface area contributed by atoms with Gasteiger partial charge in [0.1, 0.15) is 11.9 Å². The molecule has 0 amide bonds. The molecule has 9 heteroatoms. The van der Waals surface area contributed by atoms with Crippen LogP contribution < -0.4 is 15.4 Å². The van der Waals surface area contributed by atoms with Crippen molar-refractivity contribution in [3.05, 3.63) is 29.3 Å². The van der Waals surface area contributed by atoms with Crippen molar-refractivity contribution in [1.82, 2.24) is 14.9 Å². The van der Waals surface area contributed by atoms with Gasteiger partial charge >= 0.3 is 0 Å². The highest BCUT2D eigenvalue weighted by Gasteiger charge is 2.27. The van der Waals surface area contributed by atoms with Crippen LogP contribution in [0.25, 0.3) is 0 Å². The third-order valence-corrected chi connectivity index (χ3v) is 6.95. The first kappa shape index (κ1) is 23.8. The Kier molecular flexibility index (Phi) is 9.52. The molecule has 1 saturated heterocycles. The normalized spacial score (nSPS) is 17.7. The summed E-state index contributed by atoms with van der Waals surface area (Å²) in [5.41, 5.74) is 0. The third-order valence-electron chi connectivity index (χ3n) is 4.63. The number of aliphatic imine (C=N–C) groups is 1. The second-order valence-electron chi connectivity index (χ2n) is 7.24. The van der Waals surface area contributed by atoms with Crippen LogP contribution in [-0.2, 0) is 10.0 Å². The molecule has 0 radical (unpaired) electrons. The predicted octanol–water partition coefficient (Wildman–Crippen LogP) is 2.87. The Labute approximate surface area is 179 Å². The number of guanidine groups is 1. The summed E-state index contributed by atoms with van der Waals surface area (Å²) in [7, 11) is -3.12. The van der Waals surface area contributed by atoms with Crippen molar-refractivity contribution in [2.24, 2.45) is 4.99 Å². The molecule has 1 aliphatic rings. The van der Waals surface area contributed by atoms with Crippen LogP contribution in [0.4, 0.5) is 0 Å². The molecule has 0 aromatic heterocycles. The maximum atomic E-state index is 12.2. The first-order chi connectivity index (χ1) is 13.8. The Morgan fingerprint density at radius 3 is 2.69 bits per heavy atom. The van der Waals surface area contributed by atoms with Gasteiger partial charge < -0.3 is 15.4 Å². The number of benzene rings is 1. The average molecular weight is 445 g/mol. The number of hydrogen-bond donors (Lipinski definition) is 2. The molecule has 0 spiro atoms. The number of sulfonamides is 1. The van der Waals surface area contributed by atoms with Gasteiger partial charge in [-0.15, -0.1) is 0 Å². The molecule has 7 nitrogen and oxygen atoms in total. The number of rotatable bonds is 9. The van der Waals surface area contributed by atoms with E-state index in [2.05, 4.69) is 15.6 Å². The highest BCUT2D eigenvalue weighted by molar-refractivity contribution is 7.89. The van der Waals surface area contributed by atoms with E-state index in [4.69, 9.17) is 16.3 Å². The van der Waals surface area contributed by atoms with Crippen molar-refractivity contribution in [1.29, 1.82) is 0 Å². The minimum absolute atomic E-state index is 0.107. The maximum Gasteiger partial charge on any atom is 0.214 e. The van der Waals surface area contributed by atoms with Crippen LogP contribution in [0.1, 0.15) is 40.0 Å². The molecular weight excluding hydrogens is 412 g/mol. The molecule has 29 heavy (non-hydrogen) atoms. The highest BCUT2D eigenvalue weighted by atomic mass is 35.5. The fourth-order valence-electron chi connectivity index (χ4n) is 3.21. The molecule has 2 N–H and O–H groups in total. The summed E-state index contributed by atoms with van der Waals surface area (Å²) in [5.74, 6) is 1.67. The molecule has 2 rings (SSSR count). The largest absolute Gasteiger partial charge is 0.489 e. The van der Waals surface area contributed by atoms with Gasteiger partial charge in [-0.1, -0.05) is 24.6 Å². The molecule has 164 valence electrons. The van der Waals surface area contributed by atoms with Crippen LogP contribution in [0.2, 0.25) is 5.02 Å². The minimum atomic E-state index is -3.12. The first-order valence-electron chi connectivity index (χ1n) is 10.3. The Morgan fingerprint density at radius 1 is 1.34 bits per heavy atom. The van der Waals surface area contributed by atoms with Crippen molar-refractivity contribution in [2.45, 2.75) is 52.2 Å². The lowest BCUT2D eigenvalue weighted by Crippen LogP contribution is -2.50. The Morgan fingerprint density at radius 2 is 2.07 bits per heavy atom. The molecule has 1 aromatic rings. The molecule has 1 atom stereocenters. The monoisotopic (exact) mass is 444 g/mol. The van der Waals surface area contributed by atoms with Gasteiger partial charge in [0.15, 0.2) is 5.96 Å². The van der Waals surface area contributed by atoms with Crippen LogP contribution in [0.15, 0.2) is 29.3 Å². The number of nitrogens with zero attached hydrogens (tertiary/aromatic N) is 2. The average Bonchev–Trinajstić information content (AvgIpc) is 2.67. The zero-order valence-electron chi connectivity index (χ0n) is 17.5. The lowest BCUT2D eigenvalue weighted by Gasteiger charge is -2.32. The molecule has 0 bridgehead atoms. The van der Waals surface area contributed by atoms with E-state index >= 15 is 0 Å². The van der Waals surface area contributed by atoms with Gasteiger partial charge in [0.2, 0.25) is 10.0 Å². The van der Waals surface area contributed by atoms with E-state index in [1.165, 1.54) is 0 Å². The highest BCUT2D eigenvalue weighted by Crippen LogP contribution is 2.18. The Bertz CT molecular complexity index is 765. The molecule has 1 heterocycles. The Hall–Kier alpha value is -1.51. The summed E-state index contributed by atoms with van der Waals surface area (Å²) in [6.07, 6.45) is 2.07. The number of hydrogen-bond acceptors (Lipinski definition) is 4. The lowest BCUT2D eigenvalue weighted by molar-refractivity contribution is 0.230. The lowest BCUT2D eigenvalue weighted by atomic mass is 10.1. The zero-order valence-corrected chi connectivity index (χ0v) is 19.1. The van der Waals surface area contributed by atoms with Crippen molar-refractivity contribution < 1.29 is 13.2 Å². The van der Waals surface area contributed by atoms with Gasteiger partial charge in [-0.3, -0.25) is 0 Å². The van der Waals surface area contributed by atoms with Gasteiger partial charge in [0.05, 0.1) is 12.3 Å². The standard InChI is InChI=1S/C20H33ClN4O3S/c1-4-13-29(26,27)25-11-9-18(10-12-25)24-20(22-5-2)23-15-16(3)28-19-8-6-7-17(21)14-19/h6-8,14,16,18H,4-5,9-13,15H2,1-3H3,(H2,22,23,24). The summed E-state index contributed by atoms with van der Waals surface area (Å²) in [6, 6.07) is 7.52. The number of piperidine rings is 1. The van der Waals surface area contributed by atoms with E-state index in [0.29, 0.717) is 31.1 Å². The van der Waals surface area contributed by atoms with Crippen LogP contribution in [0.3, 0.4) is 0 Å². The van der Waals surface area contributed by atoms with Crippen molar-refractivity contribution in [3.63, 3.8) is 0 Å². The van der Waals surface area contributed by atoms with E-state index < -0.39 is 10.0 Å². The van der Waals surface area contributed by atoms with Gasteiger partial charge in [0.25, 0.3) is 0 Å². The summed E-state index contributed by atoms with van der Waals surface area (Å²) in [6.45, 7) is 8.21. The van der Waals surface area contributed by atoms with Gasteiger partial charge in [-0.05, 0) is 51.3 Å². The fourth-order valence-corrected chi connectivity index (χ4v) is 4.93. The van der Waals surface area contributed by atoms with Crippen LogP contribution >= 0.6 is 11.6 Å². The van der Waals surface area contributed by atoms with Crippen molar-refractivity contribution in [2.75, 3.05) is 31.9 Å². The number of nitrogens with one attached hydrogen (secondary N) is 2. The molecular formula is C20H33ClN4O3S. The molecule has 1 aliphatic heterocycles.